The smallest absolute Gasteiger partial charge is 0.237 e. The van der Waals surface area contributed by atoms with Crippen LogP contribution in [-0.4, -0.2) is 83.7 Å². The fourth-order valence-corrected chi connectivity index (χ4v) is 5.61. The summed E-state index contributed by atoms with van der Waals surface area (Å²) in [6.07, 6.45) is 7.32. The highest BCUT2D eigenvalue weighted by atomic mass is 32.2. The van der Waals surface area contributed by atoms with E-state index in [0.717, 1.165) is 6.26 Å². The van der Waals surface area contributed by atoms with Crippen LogP contribution >= 0.6 is 0 Å². The SMILES string of the molecule is CCOc1cncc(-c2ccc(NC(=O)C3(c4ccnc(NS(=O)(=O)CC)n4)CCN(S(C)(=O)=O)CC3)nc2)n1. The largest absolute Gasteiger partial charge is 0.477 e. The molecule has 4 heterocycles. The summed E-state index contributed by atoms with van der Waals surface area (Å²) in [5.41, 5.74) is 0.200. The van der Waals surface area contributed by atoms with E-state index in [0.29, 0.717) is 23.7 Å². The molecule has 0 unspecified atom stereocenters. The zero-order valence-corrected chi connectivity index (χ0v) is 23.9. The van der Waals surface area contributed by atoms with Crippen molar-refractivity contribution in [3.05, 3.63) is 48.7 Å². The van der Waals surface area contributed by atoms with Crippen LogP contribution in [0.1, 0.15) is 32.4 Å². The molecule has 0 spiro atoms. The number of sulfonamides is 2. The van der Waals surface area contributed by atoms with Crippen molar-refractivity contribution in [1.29, 1.82) is 0 Å². The minimum absolute atomic E-state index is 0.0769. The van der Waals surface area contributed by atoms with Gasteiger partial charge in [0.2, 0.25) is 37.8 Å². The lowest BCUT2D eigenvalue weighted by atomic mass is 9.75. The molecule has 4 rings (SSSR count). The van der Waals surface area contributed by atoms with Gasteiger partial charge in [-0.3, -0.25) is 14.5 Å². The van der Waals surface area contributed by atoms with Gasteiger partial charge in [-0.1, -0.05) is 0 Å². The Kier molecular flexibility index (Phi) is 8.60. The number of hydrogen-bond donors (Lipinski definition) is 2. The first-order valence-electron chi connectivity index (χ1n) is 12.5. The van der Waals surface area contributed by atoms with Gasteiger partial charge in [-0.15, -0.1) is 0 Å². The molecule has 3 aromatic rings. The van der Waals surface area contributed by atoms with Crippen molar-refractivity contribution in [1.82, 2.24) is 29.2 Å². The molecule has 40 heavy (non-hydrogen) atoms. The summed E-state index contributed by atoms with van der Waals surface area (Å²) in [5, 5.41) is 2.82. The number of anilines is 2. The number of carbonyl (C=O) groups is 1. The number of aromatic nitrogens is 5. The van der Waals surface area contributed by atoms with E-state index in [1.807, 2.05) is 6.92 Å². The summed E-state index contributed by atoms with van der Waals surface area (Å²) in [4.78, 5) is 35.0. The normalized spacial score (nSPS) is 15.8. The van der Waals surface area contributed by atoms with Crippen LogP contribution in [0.5, 0.6) is 5.88 Å². The van der Waals surface area contributed by atoms with Gasteiger partial charge in [0, 0.05) is 31.0 Å². The third-order valence-electron chi connectivity index (χ3n) is 6.46. The van der Waals surface area contributed by atoms with Crippen LogP contribution in [0.15, 0.2) is 43.0 Å². The molecular weight excluding hydrogens is 560 g/mol. The molecule has 0 aliphatic carbocycles. The lowest BCUT2D eigenvalue weighted by molar-refractivity contribution is -0.123. The minimum Gasteiger partial charge on any atom is -0.477 e. The number of ether oxygens (including phenoxy) is 1. The number of pyridine rings is 1. The molecule has 0 bridgehead atoms. The van der Waals surface area contributed by atoms with E-state index < -0.39 is 31.4 Å². The van der Waals surface area contributed by atoms with Crippen LogP contribution in [0.25, 0.3) is 11.3 Å². The first-order valence-corrected chi connectivity index (χ1v) is 16.0. The van der Waals surface area contributed by atoms with Crippen LogP contribution in [0.3, 0.4) is 0 Å². The molecule has 214 valence electrons. The lowest BCUT2D eigenvalue weighted by Gasteiger charge is -2.39. The molecule has 0 aromatic carbocycles. The Labute approximate surface area is 232 Å². The average Bonchev–Trinajstić information content (AvgIpc) is 2.93. The number of carbonyl (C=O) groups excluding carboxylic acids is 1. The Bertz CT molecular complexity index is 1570. The monoisotopic (exact) mass is 590 g/mol. The summed E-state index contributed by atoms with van der Waals surface area (Å²) in [6, 6.07) is 4.87. The molecule has 0 saturated carbocycles. The van der Waals surface area contributed by atoms with Gasteiger partial charge in [-0.2, -0.15) is 0 Å². The predicted octanol–water partition coefficient (Wildman–Crippen LogP) is 1.42. The standard InChI is InChI=1S/C24H30N8O6S2/c1-4-38-21-16-25-15-18(28-21)17-6-7-20(27-14-17)30-22(33)24(9-12-32(13-10-24)39(3,34)35)19-8-11-26-23(29-19)31-40(36,37)5-2/h6-8,11,14-16H,4-5,9-10,12-13H2,1-3H3,(H,26,29,31)(H,27,30,33). The van der Waals surface area contributed by atoms with Crippen LogP contribution < -0.4 is 14.8 Å². The van der Waals surface area contributed by atoms with Gasteiger partial charge in [0.1, 0.15) is 5.82 Å². The molecule has 3 aromatic heterocycles. The molecule has 0 radical (unpaired) electrons. The van der Waals surface area contributed by atoms with Gasteiger partial charge in [0.05, 0.1) is 47.8 Å². The average molecular weight is 591 g/mol. The molecule has 16 heteroatoms. The predicted molar refractivity (Wildman–Crippen MR) is 148 cm³/mol. The Balaban J connectivity index is 1.62. The maximum atomic E-state index is 13.8. The van der Waals surface area contributed by atoms with Gasteiger partial charge in [-0.25, -0.2) is 41.1 Å². The van der Waals surface area contributed by atoms with E-state index in [1.54, 1.807) is 18.3 Å². The molecule has 2 N–H and O–H groups in total. The number of nitrogens with one attached hydrogen (secondary N) is 2. The second-order valence-corrected chi connectivity index (χ2v) is 13.1. The maximum absolute atomic E-state index is 13.8. The van der Waals surface area contributed by atoms with E-state index in [1.165, 1.54) is 35.9 Å². The summed E-state index contributed by atoms with van der Waals surface area (Å²) in [6.45, 7) is 3.92. The zero-order chi connectivity index (χ0) is 29.0. The summed E-state index contributed by atoms with van der Waals surface area (Å²) < 4.78 is 57.4. The second kappa shape index (κ2) is 11.8. The number of nitrogens with zero attached hydrogens (tertiary/aromatic N) is 6. The minimum atomic E-state index is -3.66. The Morgan fingerprint density at radius 2 is 1.77 bits per heavy atom. The van der Waals surface area contributed by atoms with Gasteiger partial charge in [-0.05, 0) is 44.9 Å². The summed E-state index contributed by atoms with van der Waals surface area (Å²) in [7, 11) is -7.13. The van der Waals surface area contributed by atoms with Crippen molar-refractivity contribution in [2.75, 3.05) is 41.7 Å². The van der Waals surface area contributed by atoms with Crippen molar-refractivity contribution in [2.24, 2.45) is 0 Å². The second-order valence-electron chi connectivity index (χ2n) is 9.08. The Hall–Kier alpha value is -3.76. The van der Waals surface area contributed by atoms with Crippen LogP contribution in [-0.2, 0) is 30.3 Å². The Morgan fingerprint density at radius 3 is 2.40 bits per heavy atom. The van der Waals surface area contributed by atoms with Crippen molar-refractivity contribution in [3.63, 3.8) is 0 Å². The van der Waals surface area contributed by atoms with Gasteiger partial charge >= 0.3 is 0 Å². The third-order valence-corrected chi connectivity index (χ3v) is 9.01. The van der Waals surface area contributed by atoms with Crippen LogP contribution in [0, 0.1) is 0 Å². The van der Waals surface area contributed by atoms with Crippen LogP contribution in [0.2, 0.25) is 0 Å². The fraction of sp³-hybridized carbons (Fsp3) is 0.417. The van der Waals surface area contributed by atoms with E-state index in [-0.39, 0.29) is 49.1 Å². The fourth-order valence-electron chi connectivity index (χ4n) is 4.24. The molecule has 1 aliphatic rings. The quantitative estimate of drug-likeness (QED) is 0.348. The van der Waals surface area contributed by atoms with Crippen molar-refractivity contribution in [3.8, 4) is 17.1 Å². The molecular formula is C24H30N8O6S2. The highest BCUT2D eigenvalue weighted by Crippen LogP contribution is 2.37. The molecule has 14 nitrogen and oxygen atoms in total. The molecule has 1 amide bonds. The Morgan fingerprint density at radius 1 is 1.02 bits per heavy atom. The van der Waals surface area contributed by atoms with Gasteiger partial charge in [0.25, 0.3) is 0 Å². The van der Waals surface area contributed by atoms with Crippen molar-refractivity contribution >= 4 is 37.7 Å². The molecule has 1 fully saturated rings. The summed E-state index contributed by atoms with van der Waals surface area (Å²) in [5.74, 6) is -0.172. The van der Waals surface area contributed by atoms with E-state index in [9.17, 15) is 21.6 Å². The van der Waals surface area contributed by atoms with E-state index in [4.69, 9.17) is 4.74 Å². The van der Waals surface area contributed by atoms with Crippen molar-refractivity contribution in [2.45, 2.75) is 32.1 Å². The maximum Gasteiger partial charge on any atom is 0.237 e. The topological polar surface area (TPSA) is 186 Å². The number of hydrogen-bond acceptors (Lipinski definition) is 11. The van der Waals surface area contributed by atoms with E-state index >= 15 is 0 Å². The molecule has 1 aliphatic heterocycles. The summed E-state index contributed by atoms with van der Waals surface area (Å²) >= 11 is 0. The first kappa shape index (κ1) is 29.2. The third kappa shape index (κ3) is 6.68. The van der Waals surface area contributed by atoms with E-state index in [2.05, 4.69) is 35.0 Å². The molecule has 1 saturated heterocycles. The van der Waals surface area contributed by atoms with Crippen molar-refractivity contribution < 1.29 is 26.4 Å². The highest BCUT2D eigenvalue weighted by molar-refractivity contribution is 7.92. The highest BCUT2D eigenvalue weighted by Gasteiger charge is 2.46. The number of amides is 1. The lowest BCUT2D eigenvalue weighted by Crippen LogP contribution is -2.51. The number of rotatable bonds is 10. The molecule has 0 atom stereocenters. The zero-order valence-electron chi connectivity index (χ0n) is 22.2. The van der Waals surface area contributed by atoms with Gasteiger partial charge in [0.15, 0.2) is 0 Å². The van der Waals surface area contributed by atoms with Gasteiger partial charge < -0.3 is 10.1 Å². The first-order chi connectivity index (χ1) is 19.0. The van der Waals surface area contributed by atoms with Crippen LogP contribution in [0.4, 0.5) is 11.8 Å². The number of piperidine rings is 1.